The summed E-state index contributed by atoms with van der Waals surface area (Å²) in [6.45, 7) is 4.94. The van der Waals surface area contributed by atoms with Gasteiger partial charge in [0.2, 0.25) is 0 Å². The quantitative estimate of drug-likeness (QED) is 0.887. The third-order valence-corrected chi connectivity index (χ3v) is 2.86. The lowest BCUT2D eigenvalue weighted by Gasteiger charge is -2.08. The number of amides is 2. The number of ether oxygens (including phenoxy) is 1. The van der Waals surface area contributed by atoms with Crippen molar-refractivity contribution < 1.29 is 9.53 Å². The van der Waals surface area contributed by atoms with Crippen LogP contribution in [0.4, 0.5) is 10.5 Å². The second-order valence-corrected chi connectivity index (χ2v) is 4.57. The molecule has 2 aromatic rings. The predicted molar refractivity (Wildman–Crippen MR) is 82.4 cm³/mol. The van der Waals surface area contributed by atoms with E-state index in [1.165, 1.54) is 0 Å². The number of benzene rings is 1. The fraction of sp³-hybridized carbons (Fsp3) is 0.250. The van der Waals surface area contributed by atoms with Crippen LogP contribution in [0.2, 0.25) is 0 Å². The highest BCUT2D eigenvalue weighted by atomic mass is 16.5. The Labute approximate surface area is 124 Å². The molecule has 0 aliphatic carbocycles. The molecule has 0 spiro atoms. The highest BCUT2D eigenvalue weighted by molar-refractivity contribution is 5.88. The number of urea groups is 1. The molecule has 0 bridgehead atoms. The summed E-state index contributed by atoms with van der Waals surface area (Å²) in [5, 5.41) is 5.53. The van der Waals surface area contributed by atoms with Crippen LogP contribution in [0.3, 0.4) is 0 Å². The third-order valence-electron chi connectivity index (χ3n) is 2.86. The van der Waals surface area contributed by atoms with Crippen LogP contribution in [-0.2, 0) is 6.54 Å². The van der Waals surface area contributed by atoms with Gasteiger partial charge >= 0.3 is 6.03 Å². The largest absolute Gasteiger partial charge is 0.494 e. The summed E-state index contributed by atoms with van der Waals surface area (Å²) in [4.78, 5) is 15.9. The van der Waals surface area contributed by atoms with Crippen molar-refractivity contribution in [2.45, 2.75) is 20.4 Å². The molecular weight excluding hydrogens is 266 g/mol. The molecule has 1 heterocycles. The van der Waals surface area contributed by atoms with Crippen LogP contribution in [0.25, 0.3) is 0 Å². The van der Waals surface area contributed by atoms with Gasteiger partial charge in [-0.1, -0.05) is 12.1 Å². The van der Waals surface area contributed by atoms with Crippen molar-refractivity contribution in [3.05, 3.63) is 53.9 Å². The van der Waals surface area contributed by atoms with E-state index in [1.54, 1.807) is 6.20 Å². The molecule has 0 atom stereocenters. The number of pyridine rings is 1. The fourth-order valence-corrected chi connectivity index (χ4v) is 1.77. The van der Waals surface area contributed by atoms with Crippen molar-refractivity contribution in [3.8, 4) is 5.75 Å². The Kier molecular flexibility index (Phi) is 5.15. The van der Waals surface area contributed by atoms with Crippen molar-refractivity contribution in [1.82, 2.24) is 10.3 Å². The number of hydrogen-bond donors (Lipinski definition) is 2. The zero-order valence-corrected chi connectivity index (χ0v) is 12.2. The van der Waals surface area contributed by atoms with Crippen molar-refractivity contribution in [3.63, 3.8) is 0 Å². The lowest BCUT2D eigenvalue weighted by Crippen LogP contribution is -2.28. The zero-order valence-electron chi connectivity index (χ0n) is 12.2. The van der Waals surface area contributed by atoms with Gasteiger partial charge in [-0.25, -0.2) is 4.79 Å². The van der Waals surface area contributed by atoms with Crippen LogP contribution in [0.15, 0.2) is 42.6 Å². The van der Waals surface area contributed by atoms with E-state index < -0.39 is 0 Å². The summed E-state index contributed by atoms with van der Waals surface area (Å²) in [6.07, 6.45) is 1.63. The van der Waals surface area contributed by atoms with E-state index in [-0.39, 0.29) is 6.03 Å². The maximum atomic E-state index is 11.8. The SMILES string of the molecule is CCOc1ccc(CNC(=O)Nc2ccc(C)nc2)cc1. The summed E-state index contributed by atoms with van der Waals surface area (Å²) in [7, 11) is 0. The normalized spacial score (nSPS) is 10.0. The Morgan fingerprint density at radius 3 is 2.57 bits per heavy atom. The Hall–Kier alpha value is -2.56. The summed E-state index contributed by atoms with van der Waals surface area (Å²) in [5.41, 5.74) is 2.59. The lowest BCUT2D eigenvalue weighted by molar-refractivity contribution is 0.251. The van der Waals surface area contributed by atoms with Gasteiger partial charge in [0.05, 0.1) is 18.5 Å². The Bertz CT molecular complexity index is 579. The summed E-state index contributed by atoms with van der Waals surface area (Å²) in [6, 6.07) is 11.1. The first-order valence-electron chi connectivity index (χ1n) is 6.86. The van der Waals surface area contributed by atoms with E-state index in [1.807, 2.05) is 50.2 Å². The van der Waals surface area contributed by atoms with Gasteiger partial charge in [-0.2, -0.15) is 0 Å². The smallest absolute Gasteiger partial charge is 0.319 e. The second-order valence-electron chi connectivity index (χ2n) is 4.57. The minimum Gasteiger partial charge on any atom is -0.494 e. The van der Waals surface area contributed by atoms with E-state index in [0.717, 1.165) is 17.0 Å². The molecule has 0 aliphatic rings. The average Bonchev–Trinajstić information content (AvgIpc) is 2.49. The topological polar surface area (TPSA) is 63.2 Å². The van der Waals surface area contributed by atoms with Crippen molar-refractivity contribution in [2.24, 2.45) is 0 Å². The molecular formula is C16H19N3O2. The van der Waals surface area contributed by atoms with E-state index in [9.17, 15) is 4.79 Å². The molecule has 2 rings (SSSR count). The molecule has 5 nitrogen and oxygen atoms in total. The Morgan fingerprint density at radius 2 is 1.95 bits per heavy atom. The third kappa shape index (κ3) is 4.80. The highest BCUT2D eigenvalue weighted by Gasteiger charge is 2.02. The fourth-order valence-electron chi connectivity index (χ4n) is 1.77. The van der Waals surface area contributed by atoms with Crippen LogP contribution in [-0.4, -0.2) is 17.6 Å². The summed E-state index contributed by atoms with van der Waals surface area (Å²) >= 11 is 0. The van der Waals surface area contributed by atoms with Crippen LogP contribution >= 0.6 is 0 Å². The summed E-state index contributed by atoms with van der Waals surface area (Å²) in [5.74, 6) is 0.830. The number of aryl methyl sites for hydroxylation is 1. The standard InChI is InChI=1S/C16H19N3O2/c1-3-21-15-8-5-13(6-9-15)10-18-16(20)19-14-7-4-12(2)17-11-14/h4-9,11H,3,10H2,1-2H3,(H2,18,19,20). The number of nitrogens with one attached hydrogen (secondary N) is 2. The Morgan fingerprint density at radius 1 is 1.19 bits per heavy atom. The predicted octanol–water partition coefficient (Wildman–Crippen LogP) is 3.11. The van der Waals surface area contributed by atoms with Gasteiger partial charge in [0.15, 0.2) is 0 Å². The maximum absolute atomic E-state index is 11.8. The number of carbonyl (C=O) groups is 1. The zero-order chi connectivity index (χ0) is 15.1. The highest BCUT2D eigenvalue weighted by Crippen LogP contribution is 2.12. The molecule has 110 valence electrons. The van der Waals surface area contributed by atoms with Gasteiger partial charge in [-0.05, 0) is 43.7 Å². The van der Waals surface area contributed by atoms with E-state index >= 15 is 0 Å². The van der Waals surface area contributed by atoms with Crippen molar-refractivity contribution >= 4 is 11.7 Å². The number of nitrogens with zero attached hydrogens (tertiary/aromatic N) is 1. The lowest BCUT2D eigenvalue weighted by atomic mass is 10.2. The maximum Gasteiger partial charge on any atom is 0.319 e. The molecule has 2 N–H and O–H groups in total. The van der Waals surface area contributed by atoms with Gasteiger partial charge in [0.25, 0.3) is 0 Å². The molecule has 0 unspecified atom stereocenters. The van der Waals surface area contributed by atoms with E-state index in [4.69, 9.17) is 4.74 Å². The molecule has 1 aromatic heterocycles. The minimum absolute atomic E-state index is 0.255. The monoisotopic (exact) mass is 285 g/mol. The number of carbonyl (C=O) groups excluding carboxylic acids is 1. The van der Waals surface area contributed by atoms with Gasteiger partial charge in [0.1, 0.15) is 5.75 Å². The molecule has 0 radical (unpaired) electrons. The Balaban J connectivity index is 1.81. The number of anilines is 1. The van der Waals surface area contributed by atoms with Crippen LogP contribution in [0, 0.1) is 6.92 Å². The molecule has 0 saturated carbocycles. The molecule has 0 fully saturated rings. The van der Waals surface area contributed by atoms with Crippen LogP contribution in [0.5, 0.6) is 5.75 Å². The van der Waals surface area contributed by atoms with Gasteiger partial charge < -0.3 is 15.4 Å². The van der Waals surface area contributed by atoms with Crippen molar-refractivity contribution in [2.75, 3.05) is 11.9 Å². The summed E-state index contributed by atoms with van der Waals surface area (Å²) < 4.78 is 5.37. The first-order chi connectivity index (χ1) is 10.2. The first-order valence-corrected chi connectivity index (χ1v) is 6.86. The van der Waals surface area contributed by atoms with Crippen LogP contribution in [0.1, 0.15) is 18.2 Å². The second kappa shape index (κ2) is 7.28. The van der Waals surface area contributed by atoms with Gasteiger partial charge in [0, 0.05) is 12.2 Å². The molecule has 1 aromatic carbocycles. The van der Waals surface area contributed by atoms with E-state index in [0.29, 0.717) is 18.8 Å². The van der Waals surface area contributed by atoms with E-state index in [2.05, 4.69) is 15.6 Å². The number of aromatic nitrogens is 1. The first kappa shape index (κ1) is 14.8. The van der Waals surface area contributed by atoms with Crippen LogP contribution < -0.4 is 15.4 Å². The van der Waals surface area contributed by atoms with Crippen molar-refractivity contribution in [1.29, 1.82) is 0 Å². The number of hydrogen-bond acceptors (Lipinski definition) is 3. The molecule has 21 heavy (non-hydrogen) atoms. The van der Waals surface area contributed by atoms with Gasteiger partial charge in [-0.15, -0.1) is 0 Å². The number of rotatable bonds is 5. The molecule has 2 amide bonds. The van der Waals surface area contributed by atoms with Gasteiger partial charge in [-0.3, -0.25) is 4.98 Å². The molecule has 0 aliphatic heterocycles. The molecule has 0 saturated heterocycles. The minimum atomic E-state index is -0.255. The average molecular weight is 285 g/mol. The molecule has 5 heteroatoms.